The maximum atomic E-state index is 11.3. The van der Waals surface area contributed by atoms with Gasteiger partial charge in [-0.3, -0.25) is 4.79 Å². The number of aliphatic hydroxyl groups is 4. The van der Waals surface area contributed by atoms with Crippen molar-refractivity contribution >= 4 is 29.1 Å². The molecule has 0 aliphatic carbocycles. The third-order valence-corrected chi connectivity index (χ3v) is 3.72. The molecular formula is C13H22N2O8S. The molecule has 1 rings (SSSR count). The van der Waals surface area contributed by atoms with Crippen LogP contribution < -0.4 is 10.6 Å². The summed E-state index contributed by atoms with van der Waals surface area (Å²) in [6.07, 6.45) is -6.99. The van der Waals surface area contributed by atoms with Gasteiger partial charge in [-0.25, -0.2) is 4.79 Å². The highest BCUT2D eigenvalue weighted by atomic mass is 32.1. The van der Waals surface area contributed by atoms with Gasteiger partial charge in [-0.1, -0.05) is 12.2 Å². The standard InChI is InChI=1S/C13H22N2O8S/c1-5(16)15-9-7(17)3-13(22,12(20)21)23-11(9)10(19)8(18)4-14-6(2)24/h7-11,17-19,22H,3-4H2,1-2H3,(H,14,24)(H,15,16)(H,20,21)/t7-,8+,9+,10+,11+,13?/m0/s1. The second-order valence-corrected chi connectivity index (χ2v) is 6.28. The molecule has 1 heterocycles. The Bertz CT molecular complexity index is 504. The summed E-state index contributed by atoms with van der Waals surface area (Å²) in [7, 11) is 0. The number of nitrogens with one attached hydrogen (secondary N) is 2. The molecule has 1 fully saturated rings. The zero-order valence-corrected chi connectivity index (χ0v) is 14.0. The fourth-order valence-electron chi connectivity index (χ4n) is 2.40. The molecule has 6 atom stereocenters. The lowest BCUT2D eigenvalue weighted by Gasteiger charge is -2.44. The molecule has 1 amide bonds. The lowest BCUT2D eigenvalue weighted by Crippen LogP contribution is -2.67. The molecule has 1 unspecified atom stereocenters. The van der Waals surface area contributed by atoms with E-state index in [2.05, 4.69) is 10.6 Å². The molecule has 0 aromatic carbocycles. The van der Waals surface area contributed by atoms with Gasteiger partial charge in [0.1, 0.15) is 12.2 Å². The van der Waals surface area contributed by atoms with E-state index in [0.29, 0.717) is 4.99 Å². The zero-order chi connectivity index (χ0) is 18.7. The third-order valence-electron chi connectivity index (χ3n) is 3.58. The van der Waals surface area contributed by atoms with Crippen molar-refractivity contribution in [3.05, 3.63) is 0 Å². The van der Waals surface area contributed by atoms with E-state index in [9.17, 15) is 30.0 Å². The largest absolute Gasteiger partial charge is 0.477 e. The van der Waals surface area contributed by atoms with Crippen molar-refractivity contribution in [3.63, 3.8) is 0 Å². The zero-order valence-electron chi connectivity index (χ0n) is 13.2. The summed E-state index contributed by atoms with van der Waals surface area (Å²) in [5, 5.41) is 54.3. The van der Waals surface area contributed by atoms with Crippen molar-refractivity contribution in [2.24, 2.45) is 0 Å². The molecule has 0 saturated carbocycles. The second-order valence-electron chi connectivity index (χ2n) is 5.66. The van der Waals surface area contributed by atoms with Crippen LogP contribution in [0, 0.1) is 0 Å². The summed E-state index contributed by atoms with van der Waals surface area (Å²) < 4.78 is 5.02. The highest BCUT2D eigenvalue weighted by Crippen LogP contribution is 2.30. The van der Waals surface area contributed by atoms with Crippen LogP contribution >= 0.6 is 12.2 Å². The number of carbonyl (C=O) groups is 2. The van der Waals surface area contributed by atoms with Crippen LogP contribution in [0.2, 0.25) is 0 Å². The summed E-state index contributed by atoms with van der Waals surface area (Å²) in [4.78, 5) is 22.8. The Labute approximate surface area is 143 Å². The van der Waals surface area contributed by atoms with Crippen LogP contribution in [0.1, 0.15) is 20.3 Å². The van der Waals surface area contributed by atoms with E-state index in [1.165, 1.54) is 0 Å². The van der Waals surface area contributed by atoms with Gasteiger partial charge in [-0.05, 0) is 6.92 Å². The van der Waals surface area contributed by atoms with Crippen molar-refractivity contribution in [2.45, 2.75) is 56.5 Å². The van der Waals surface area contributed by atoms with Gasteiger partial charge in [-0.2, -0.15) is 0 Å². The Morgan fingerprint density at radius 3 is 2.42 bits per heavy atom. The first-order chi connectivity index (χ1) is 11.0. The Kier molecular flexibility index (Phi) is 7.01. The molecule has 0 aromatic rings. The average molecular weight is 366 g/mol. The van der Waals surface area contributed by atoms with Crippen LogP contribution in [0.4, 0.5) is 0 Å². The van der Waals surface area contributed by atoms with E-state index in [4.69, 9.17) is 22.1 Å². The number of thiocarbonyl (C=S) groups is 1. The third kappa shape index (κ3) is 5.06. The molecule has 0 bridgehead atoms. The average Bonchev–Trinajstić information content (AvgIpc) is 2.46. The minimum absolute atomic E-state index is 0.176. The van der Waals surface area contributed by atoms with Crippen molar-refractivity contribution in [3.8, 4) is 0 Å². The Balaban J connectivity index is 3.01. The highest BCUT2D eigenvalue weighted by molar-refractivity contribution is 7.80. The molecule has 138 valence electrons. The van der Waals surface area contributed by atoms with Crippen LogP contribution in [0.15, 0.2) is 0 Å². The number of aliphatic hydroxyl groups excluding tert-OH is 3. The summed E-state index contributed by atoms with van der Waals surface area (Å²) in [5.41, 5.74) is 0. The fourth-order valence-corrected chi connectivity index (χ4v) is 2.48. The van der Waals surface area contributed by atoms with Gasteiger partial charge in [0, 0.05) is 19.9 Å². The highest BCUT2D eigenvalue weighted by Gasteiger charge is 2.53. The number of hydrogen-bond acceptors (Lipinski definition) is 8. The molecule has 24 heavy (non-hydrogen) atoms. The molecule has 0 aromatic heterocycles. The van der Waals surface area contributed by atoms with Crippen molar-refractivity contribution in [1.82, 2.24) is 10.6 Å². The molecule has 11 heteroatoms. The lowest BCUT2D eigenvalue weighted by atomic mass is 9.88. The predicted octanol–water partition coefficient (Wildman–Crippen LogP) is -2.93. The van der Waals surface area contributed by atoms with E-state index in [0.717, 1.165) is 6.92 Å². The van der Waals surface area contributed by atoms with Crippen molar-refractivity contribution in [2.75, 3.05) is 6.54 Å². The Hall–Kier alpha value is -1.37. The van der Waals surface area contributed by atoms with Crippen LogP contribution in [0.5, 0.6) is 0 Å². The summed E-state index contributed by atoms with van der Waals surface area (Å²) in [6.45, 7) is 2.53. The van der Waals surface area contributed by atoms with E-state index >= 15 is 0 Å². The molecule has 1 saturated heterocycles. The summed E-state index contributed by atoms with van der Waals surface area (Å²) in [6, 6.07) is -1.22. The predicted molar refractivity (Wildman–Crippen MR) is 84.0 cm³/mol. The van der Waals surface area contributed by atoms with Gasteiger partial charge in [-0.15, -0.1) is 0 Å². The van der Waals surface area contributed by atoms with E-state index in [1.807, 2.05) is 0 Å². The van der Waals surface area contributed by atoms with Gasteiger partial charge < -0.3 is 40.9 Å². The monoisotopic (exact) mass is 366 g/mol. The second kappa shape index (κ2) is 8.14. The van der Waals surface area contributed by atoms with Gasteiger partial charge in [0.2, 0.25) is 5.91 Å². The smallest absolute Gasteiger partial charge is 0.364 e. The van der Waals surface area contributed by atoms with Gasteiger partial charge >= 0.3 is 5.97 Å². The molecule has 0 spiro atoms. The molecule has 0 radical (unpaired) electrons. The topological polar surface area (TPSA) is 169 Å². The quantitative estimate of drug-likeness (QED) is 0.242. The number of carboxylic acid groups (broad SMARTS) is 1. The summed E-state index contributed by atoms with van der Waals surface area (Å²) in [5.74, 6) is -5.09. The van der Waals surface area contributed by atoms with E-state index < -0.39 is 54.5 Å². The van der Waals surface area contributed by atoms with Crippen LogP contribution in [-0.4, -0.2) is 85.2 Å². The summed E-state index contributed by atoms with van der Waals surface area (Å²) >= 11 is 4.78. The normalized spacial score (nSPS) is 32.5. The Morgan fingerprint density at radius 1 is 1.38 bits per heavy atom. The molecule has 7 N–H and O–H groups in total. The molecule has 1 aliphatic heterocycles. The first-order valence-corrected chi connectivity index (χ1v) is 7.58. The van der Waals surface area contributed by atoms with Crippen LogP contribution in [0.3, 0.4) is 0 Å². The van der Waals surface area contributed by atoms with Crippen LogP contribution in [0.25, 0.3) is 0 Å². The number of amides is 1. The lowest BCUT2D eigenvalue weighted by molar-refractivity contribution is -0.294. The number of ether oxygens (including phenoxy) is 1. The minimum atomic E-state index is -2.76. The van der Waals surface area contributed by atoms with Gasteiger partial charge in [0.25, 0.3) is 5.79 Å². The number of carboxylic acids is 1. The number of rotatable bonds is 6. The van der Waals surface area contributed by atoms with E-state index in [-0.39, 0.29) is 6.54 Å². The maximum Gasteiger partial charge on any atom is 0.364 e. The van der Waals surface area contributed by atoms with E-state index in [1.54, 1.807) is 6.92 Å². The van der Waals surface area contributed by atoms with Crippen molar-refractivity contribution < 1.29 is 39.9 Å². The number of carbonyl (C=O) groups excluding carboxylic acids is 1. The van der Waals surface area contributed by atoms with Crippen molar-refractivity contribution in [1.29, 1.82) is 0 Å². The van der Waals surface area contributed by atoms with Crippen LogP contribution in [-0.2, 0) is 14.3 Å². The molecule has 10 nitrogen and oxygen atoms in total. The maximum absolute atomic E-state index is 11.3. The van der Waals surface area contributed by atoms with Gasteiger partial charge in [0.05, 0.1) is 23.2 Å². The first-order valence-electron chi connectivity index (χ1n) is 7.17. The Morgan fingerprint density at radius 2 is 1.96 bits per heavy atom. The fraction of sp³-hybridized carbons (Fsp3) is 0.769. The molecular weight excluding hydrogens is 344 g/mol. The minimum Gasteiger partial charge on any atom is -0.477 e. The molecule has 1 aliphatic rings. The SMILES string of the molecule is CC(=O)N[C@H]1[C@H]([C@H](O)[C@H](O)CNC(C)=S)OC(O)(C(=O)O)C[C@@H]1O. The van der Waals surface area contributed by atoms with Gasteiger partial charge in [0.15, 0.2) is 0 Å². The number of aliphatic carboxylic acids is 1. The first kappa shape index (κ1) is 20.7. The number of hydrogen-bond donors (Lipinski definition) is 7.